The maximum atomic E-state index is 11.8. The van der Waals surface area contributed by atoms with Gasteiger partial charge in [-0.25, -0.2) is 0 Å². The Labute approximate surface area is 91.8 Å². The molecule has 1 atom stereocenters. The lowest BCUT2D eigenvalue weighted by Gasteiger charge is -2.13. The van der Waals surface area contributed by atoms with E-state index in [1.54, 1.807) is 6.07 Å². The lowest BCUT2D eigenvalue weighted by Crippen LogP contribution is -2.39. The molecule has 0 saturated carbocycles. The lowest BCUT2D eigenvalue weighted by molar-refractivity contribution is -0.128. The smallest absolute Gasteiger partial charge is 0.356 e. The van der Waals surface area contributed by atoms with Gasteiger partial charge in [-0.05, 0) is 6.42 Å². The number of nitrogens with zero attached hydrogens (tertiary/aromatic N) is 1. The van der Waals surface area contributed by atoms with Gasteiger partial charge >= 0.3 is 6.18 Å². The van der Waals surface area contributed by atoms with Gasteiger partial charge in [0, 0.05) is 6.54 Å². The molecule has 0 spiro atoms. The first-order valence-corrected chi connectivity index (χ1v) is 4.85. The summed E-state index contributed by atoms with van der Waals surface area (Å²) >= 11 is 0. The minimum atomic E-state index is -4.38. The number of nitriles is 1. The zero-order chi connectivity index (χ0) is 12.6. The molecule has 0 aliphatic heterocycles. The average molecular weight is 237 g/mol. The fourth-order valence-corrected chi connectivity index (χ4v) is 0.924. The third-order valence-electron chi connectivity index (χ3n) is 1.67. The summed E-state index contributed by atoms with van der Waals surface area (Å²) in [6.07, 6.45) is -3.92. The van der Waals surface area contributed by atoms with Gasteiger partial charge in [-0.3, -0.25) is 10.1 Å². The van der Waals surface area contributed by atoms with Crippen molar-refractivity contribution in [3.63, 3.8) is 0 Å². The van der Waals surface area contributed by atoms with E-state index in [0.717, 1.165) is 6.42 Å². The number of amides is 1. The highest BCUT2D eigenvalue weighted by Gasteiger charge is 2.28. The summed E-state index contributed by atoms with van der Waals surface area (Å²) in [6.45, 7) is 1.03. The summed E-state index contributed by atoms with van der Waals surface area (Å²) in [7, 11) is 0. The second-order valence-electron chi connectivity index (χ2n) is 3.23. The van der Waals surface area contributed by atoms with Crippen molar-refractivity contribution >= 4 is 5.91 Å². The number of rotatable bonds is 6. The summed E-state index contributed by atoms with van der Waals surface area (Å²) in [4.78, 5) is 11.1. The van der Waals surface area contributed by atoms with E-state index in [-0.39, 0.29) is 6.42 Å². The average Bonchev–Trinajstić information content (AvgIpc) is 2.19. The second-order valence-corrected chi connectivity index (χ2v) is 3.23. The summed E-state index contributed by atoms with van der Waals surface area (Å²) in [5, 5.41) is 13.0. The number of halogens is 3. The molecule has 0 aromatic carbocycles. The van der Waals surface area contributed by atoms with E-state index in [9.17, 15) is 18.0 Å². The molecular weight excluding hydrogens is 223 g/mol. The van der Waals surface area contributed by atoms with Gasteiger partial charge < -0.3 is 5.32 Å². The monoisotopic (exact) mass is 237 g/mol. The molecule has 0 bridgehead atoms. The third kappa shape index (κ3) is 8.05. The lowest BCUT2D eigenvalue weighted by atomic mass is 10.2. The molecule has 0 saturated heterocycles. The highest BCUT2D eigenvalue weighted by Crippen LogP contribution is 2.12. The Morgan fingerprint density at radius 2 is 2.12 bits per heavy atom. The Hall–Kier alpha value is -1.29. The first-order chi connectivity index (χ1) is 7.39. The van der Waals surface area contributed by atoms with E-state index in [4.69, 9.17) is 5.26 Å². The molecular formula is C9H14F3N3O. The molecule has 92 valence electrons. The minimum Gasteiger partial charge on any atom is -0.356 e. The summed E-state index contributed by atoms with van der Waals surface area (Å²) in [5.74, 6) is -0.428. The first-order valence-electron chi connectivity index (χ1n) is 4.85. The number of alkyl halides is 3. The standard InChI is InChI=1S/C9H14F3N3O/c1-2-3-14-8(16)4-7(5-13)15-6-9(10,11)12/h7,15H,2-4,6H2,1H3,(H,14,16). The van der Waals surface area contributed by atoms with Crippen molar-refractivity contribution in [3.8, 4) is 6.07 Å². The molecule has 0 radical (unpaired) electrons. The molecule has 0 heterocycles. The van der Waals surface area contributed by atoms with Crippen LogP contribution in [0, 0.1) is 11.3 Å². The van der Waals surface area contributed by atoms with Crippen LogP contribution in [0.25, 0.3) is 0 Å². The predicted molar refractivity (Wildman–Crippen MR) is 51.4 cm³/mol. The summed E-state index contributed by atoms with van der Waals surface area (Å²) in [6, 6.07) is 0.498. The van der Waals surface area contributed by atoms with Crippen LogP contribution < -0.4 is 10.6 Å². The van der Waals surface area contributed by atoms with Crippen LogP contribution in [-0.4, -0.2) is 31.2 Å². The molecule has 1 unspecified atom stereocenters. The molecule has 16 heavy (non-hydrogen) atoms. The van der Waals surface area contributed by atoms with Gasteiger partial charge in [-0.2, -0.15) is 18.4 Å². The van der Waals surface area contributed by atoms with Gasteiger partial charge in [0.25, 0.3) is 0 Å². The fourth-order valence-electron chi connectivity index (χ4n) is 0.924. The van der Waals surface area contributed by atoms with Crippen molar-refractivity contribution < 1.29 is 18.0 Å². The highest BCUT2D eigenvalue weighted by molar-refractivity contribution is 5.76. The van der Waals surface area contributed by atoms with Gasteiger partial charge in [0.1, 0.15) is 6.04 Å². The molecule has 0 aliphatic rings. The molecule has 0 rings (SSSR count). The van der Waals surface area contributed by atoms with Crippen LogP contribution >= 0.6 is 0 Å². The van der Waals surface area contributed by atoms with Gasteiger partial charge in [0.15, 0.2) is 0 Å². The SMILES string of the molecule is CCCNC(=O)CC(C#N)NCC(F)(F)F. The zero-order valence-electron chi connectivity index (χ0n) is 8.90. The van der Waals surface area contributed by atoms with Crippen molar-refractivity contribution in [1.82, 2.24) is 10.6 Å². The number of carbonyl (C=O) groups excluding carboxylic acids is 1. The summed E-state index contributed by atoms with van der Waals surface area (Å²) in [5.41, 5.74) is 0. The Morgan fingerprint density at radius 3 is 2.56 bits per heavy atom. The Bertz CT molecular complexity index is 260. The Balaban J connectivity index is 3.93. The van der Waals surface area contributed by atoms with Crippen LogP contribution in [0.3, 0.4) is 0 Å². The zero-order valence-corrected chi connectivity index (χ0v) is 8.90. The number of hydrogen-bond donors (Lipinski definition) is 2. The molecule has 4 nitrogen and oxygen atoms in total. The number of nitrogens with one attached hydrogen (secondary N) is 2. The van der Waals surface area contributed by atoms with Crippen LogP contribution in [0.2, 0.25) is 0 Å². The van der Waals surface area contributed by atoms with E-state index in [2.05, 4.69) is 5.32 Å². The third-order valence-corrected chi connectivity index (χ3v) is 1.67. The molecule has 7 heteroatoms. The van der Waals surface area contributed by atoms with Crippen molar-refractivity contribution in [2.45, 2.75) is 32.0 Å². The maximum Gasteiger partial charge on any atom is 0.401 e. The van der Waals surface area contributed by atoms with Crippen molar-refractivity contribution in [3.05, 3.63) is 0 Å². The van der Waals surface area contributed by atoms with Crippen LogP contribution in [0.5, 0.6) is 0 Å². The van der Waals surface area contributed by atoms with Crippen molar-refractivity contribution in [2.24, 2.45) is 0 Å². The van der Waals surface area contributed by atoms with Gasteiger partial charge in [0.2, 0.25) is 5.91 Å². The summed E-state index contributed by atoms with van der Waals surface area (Å²) < 4.78 is 35.5. The van der Waals surface area contributed by atoms with E-state index in [1.165, 1.54) is 0 Å². The van der Waals surface area contributed by atoms with Crippen LogP contribution in [0.4, 0.5) is 13.2 Å². The van der Waals surface area contributed by atoms with Gasteiger partial charge in [-0.1, -0.05) is 6.92 Å². The molecule has 0 aromatic rings. The maximum absolute atomic E-state index is 11.8. The van der Waals surface area contributed by atoms with Crippen LogP contribution in [0.15, 0.2) is 0 Å². The molecule has 1 amide bonds. The van der Waals surface area contributed by atoms with Gasteiger partial charge in [-0.15, -0.1) is 0 Å². The molecule has 2 N–H and O–H groups in total. The second kappa shape index (κ2) is 7.06. The van der Waals surface area contributed by atoms with Crippen LogP contribution in [0.1, 0.15) is 19.8 Å². The number of carbonyl (C=O) groups is 1. The topological polar surface area (TPSA) is 64.9 Å². The van der Waals surface area contributed by atoms with E-state index in [1.807, 2.05) is 12.2 Å². The molecule has 0 aromatic heterocycles. The van der Waals surface area contributed by atoms with Crippen molar-refractivity contribution in [1.29, 1.82) is 5.26 Å². The predicted octanol–water partition coefficient (Wildman–Crippen LogP) is 0.947. The van der Waals surface area contributed by atoms with E-state index in [0.29, 0.717) is 6.54 Å². The molecule has 0 aliphatic carbocycles. The van der Waals surface area contributed by atoms with E-state index >= 15 is 0 Å². The number of hydrogen-bond acceptors (Lipinski definition) is 3. The molecule has 0 fully saturated rings. The van der Waals surface area contributed by atoms with Crippen molar-refractivity contribution in [2.75, 3.05) is 13.1 Å². The van der Waals surface area contributed by atoms with Crippen LogP contribution in [-0.2, 0) is 4.79 Å². The Kier molecular flexibility index (Phi) is 6.49. The van der Waals surface area contributed by atoms with E-state index < -0.39 is 24.7 Å². The first kappa shape index (κ1) is 14.7. The highest BCUT2D eigenvalue weighted by atomic mass is 19.4. The quantitative estimate of drug-likeness (QED) is 0.722. The minimum absolute atomic E-state index is 0.271. The largest absolute Gasteiger partial charge is 0.401 e. The van der Waals surface area contributed by atoms with Gasteiger partial charge in [0.05, 0.1) is 19.0 Å². The fraction of sp³-hybridized carbons (Fsp3) is 0.778. The normalized spacial score (nSPS) is 12.9. The Morgan fingerprint density at radius 1 is 1.50 bits per heavy atom.